The Labute approximate surface area is 136 Å². The first-order chi connectivity index (χ1) is 10.9. The highest BCUT2D eigenvalue weighted by molar-refractivity contribution is 5.60. The number of unbranched alkanes of at least 4 members (excludes halogenated alkanes) is 1. The first kappa shape index (κ1) is 15.9. The van der Waals surface area contributed by atoms with Gasteiger partial charge in [0.05, 0.1) is 11.9 Å². The van der Waals surface area contributed by atoms with E-state index in [1.165, 1.54) is 19.0 Å². The summed E-state index contributed by atoms with van der Waals surface area (Å²) in [5, 5.41) is 13.6. The van der Waals surface area contributed by atoms with E-state index >= 15 is 0 Å². The Bertz CT molecular complexity index is 778. The molecule has 122 valence electrons. The highest BCUT2D eigenvalue weighted by Crippen LogP contribution is 2.73. The summed E-state index contributed by atoms with van der Waals surface area (Å²) in [6, 6.07) is 2.02. The average Bonchev–Trinajstić information content (AvgIpc) is 2.75. The molecular formula is C18H23FN4. The minimum Gasteiger partial charge on any atom is -0.237 e. The molecule has 3 aliphatic carbocycles. The SMILES string of the molecule is CCCC.Cc1ncc2c(F)c(C#N)c(C34CC(C)(C3)C4)n2n1. The molecule has 2 heterocycles. The maximum Gasteiger partial charge on any atom is 0.170 e. The van der Waals surface area contributed by atoms with Crippen molar-refractivity contribution in [3.05, 3.63) is 29.1 Å². The average molecular weight is 314 g/mol. The van der Waals surface area contributed by atoms with Crippen LogP contribution in [0.25, 0.3) is 5.52 Å². The fourth-order valence-corrected chi connectivity index (χ4v) is 4.23. The number of hydrogen-bond donors (Lipinski definition) is 0. The van der Waals surface area contributed by atoms with Crippen LogP contribution < -0.4 is 0 Å². The van der Waals surface area contributed by atoms with Gasteiger partial charge in [-0.2, -0.15) is 10.4 Å². The Kier molecular flexibility index (Phi) is 3.66. The molecule has 0 saturated heterocycles. The largest absolute Gasteiger partial charge is 0.237 e. The quantitative estimate of drug-likeness (QED) is 0.830. The third kappa shape index (κ3) is 2.23. The molecule has 0 aliphatic heterocycles. The molecule has 2 bridgehead atoms. The van der Waals surface area contributed by atoms with Gasteiger partial charge in [0.25, 0.3) is 0 Å². The van der Waals surface area contributed by atoms with Gasteiger partial charge >= 0.3 is 0 Å². The van der Waals surface area contributed by atoms with Gasteiger partial charge in [-0.05, 0) is 31.6 Å². The van der Waals surface area contributed by atoms with Gasteiger partial charge in [-0.3, -0.25) is 0 Å². The summed E-state index contributed by atoms with van der Waals surface area (Å²) in [6.07, 6.45) is 7.20. The molecular weight excluding hydrogens is 291 g/mol. The second-order valence-corrected chi connectivity index (χ2v) is 7.37. The lowest BCUT2D eigenvalue weighted by molar-refractivity contribution is -0.129. The molecule has 3 aliphatic rings. The van der Waals surface area contributed by atoms with Crippen LogP contribution in [0.4, 0.5) is 4.39 Å². The smallest absolute Gasteiger partial charge is 0.170 e. The summed E-state index contributed by atoms with van der Waals surface area (Å²) in [5.41, 5.74) is 1.59. The summed E-state index contributed by atoms with van der Waals surface area (Å²) in [5.74, 6) is 0.110. The van der Waals surface area contributed by atoms with E-state index in [9.17, 15) is 9.65 Å². The van der Waals surface area contributed by atoms with E-state index in [-0.39, 0.29) is 11.0 Å². The molecule has 3 saturated carbocycles. The fourth-order valence-electron chi connectivity index (χ4n) is 4.23. The molecule has 0 atom stereocenters. The van der Waals surface area contributed by atoms with Crippen molar-refractivity contribution in [1.82, 2.24) is 14.6 Å². The zero-order valence-corrected chi connectivity index (χ0v) is 14.3. The van der Waals surface area contributed by atoms with Crippen molar-refractivity contribution in [2.75, 3.05) is 0 Å². The summed E-state index contributed by atoms with van der Waals surface area (Å²) >= 11 is 0. The minimum atomic E-state index is -0.479. The van der Waals surface area contributed by atoms with Crippen LogP contribution in [0.15, 0.2) is 6.20 Å². The number of hydrogen-bond acceptors (Lipinski definition) is 3. The molecule has 5 rings (SSSR count). The van der Waals surface area contributed by atoms with E-state index in [1.54, 1.807) is 11.4 Å². The van der Waals surface area contributed by atoms with Gasteiger partial charge in [0.1, 0.15) is 23.0 Å². The standard InChI is InChI=1S/C14H13FN4.C4H10/c1-8-17-4-10-11(15)9(3-16)12(19(10)18-8)14-5-13(2,6-14)7-14;1-3-4-2/h4H,5-7H2,1-2H3;3-4H2,1-2H3. The number of fused-ring (bicyclic) bond motifs is 1. The first-order valence-corrected chi connectivity index (χ1v) is 8.34. The normalized spacial score (nSPS) is 27.5. The summed E-state index contributed by atoms with van der Waals surface area (Å²) in [4.78, 5) is 4.03. The lowest BCUT2D eigenvalue weighted by atomic mass is 9.35. The molecule has 0 spiro atoms. The zero-order chi connectivity index (χ0) is 16.8. The monoisotopic (exact) mass is 314 g/mol. The number of rotatable bonds is 2. The molecule has 0 amide bonds. The van der Waals surface area contributed by atoms with Crippen molar-refractivity contribution < 1.29 is 4.39 Å². The van der Waals surface area contributed by atoms with Crippen molar-refractivity contribution in [2.45, 2.75) is 65.2 Å². The minimum absolute atomic E-state index is 0.0339. The fraction of sp³-hybridized carbons (Fsp3) is 0.611. The van der Waals surface area contributed by atoms with Gasteiger partial charge in [-0.25, -0.2) is 13.9 Å². The predicted octanol–water partition coefficient (Wildman–Crippen LogP) is 4.30. The van der Waals surface area contributed by atoms with Gasteiger partial charge in [0.15, 0.2) is 5.82 Å². The van der Waals surface area contributed by atoms with Crippen molar-refractivity contribution in [3.63, 3.8) is 0 Å². The maximum absolute atomic E-state index is 14.3. The van der Waals surface area contributed by atoms with Crippen LogP contribution in [0.3, 0.4) is 0 Å². The molecule has 4 nitrogen and oxygen atoms in total. The number of nitriles is 1. The van der Waals surface area contributed by atoms with E-state index < -0.39 is 5.82 Å². The van der Waals surface area contributed by atoms with Crippen LogP contribution >= 0.6 is 0 Å². The topological polar surface area (TPSA) is 54.0 Å². The number of aromatic nitrogens is 3. The van der Waals surface area contributed by atoms with Crippen molar-refractivity contribution in [1.29, 1.82) is 5.26 Å². The summed E-state index contributed by atoms with van der Waals surface area (Å²) in [7, 11) is 0. The number of nitrogens with zero attached hydrogens (tertiary/aromatic N) is 4. The van der Waals surface area contributed by atoms with Crippen LogP contribution in [-0.4, -0.2) is 14.6 Å². The Morgan fingerprint density at radius 1 is 1.30 bits per heavy atom. The molecule has 0 aromatic carbocycles. The molecule has 3 fully saturated rings. The second kappa shape index (κ2) is 5.30. The molecule has 23 heavy (non-hydrogen) atoms. The van der Waals surface area contributed by atoms with Crippen LogP contribution in [0.1, 0.15) is 70.0 Å². The molecule has 0 radical (unpaired) electrons. The van der Waals surface area contributed by atoms with Crippen LogP contribution in [0, 0.1) is 29.5 Å². The zero-order valence-electron chi connectivity index (χ0n) is 14.3. The summed E-state index contributed by atoms with van der Waals surface area (Å²) < 4.78 is 15.9. The Hall–Kier alpha value is -1.96. The highest BCUT2D eigenvalue weighted by Gasteiger charge is 2.67. The summed E-state index contributed by atoms with van der Waals surface area (Å²) in [6.45, 7) is 8.38. The lowest BCUT2D eigenvalue weighted by Crippen LogP contribution is -2.63. The second-order valence-electron chi connectivity index (χ2n) is 7.37. The van der Waals surface area contributed by atoms with Crippen LogP contribution in [-0.2, 0) is 5.41 Å². The van der Waals surface area contributed by atoms with Crippen molar-refractivity contribution in [2.24, 2.45) is 5.41 Å². The van der Waals surface area contributed by atoms with E-state index in [4.69, 9.17) is 0 Å². The lowest BCUT2D eigenvalue weighted by Gasteiger charge is -2.69. The predicted molar refractivity (Wildman–Crippen MR) is 86.6 cm³/mol. The molecule has 0 N–H and O–H groups in total. The van der Waals surface area contributed by atoms with Gasteiger partial charge in [0.2, 0.25) is 0 Å². The Morgan fingerprint density at radius 3 is 2.39 bits per heavy atom. The molecule has 5 heteroatoms. The van der Waals surface area contributed by atoms with Gasteiger partial charge in [0, 0.05) is 5.41 Å². The highest BCUT2D eigenvalue weighted by atomic mass is 19.1. The Balaban J connectivity index is 0.000000354. The molecule has 0 unspecified atom stereocenters. The van der Waals surface area contributed by atoms with E-state index in [0.29, 0.717) is 16.8 Å². The van der Waals surface area contributed by atoms with Crippen LogP contribution in [0.2, 0.25) is 0 Å². The van der Waals surface area contributed by atoms with Gasteiger partial charge in [-0.15, -0.1) is 0 Å². The number of aryl methyl sites for hydroxylation is 1. The first-order valence-electron chi connectivity index (χ1n) is 8.34. The van der Waals surface area contributed by atoms with Gasteiger partial charge < -0.3 is 0 Å². The Morgan fingerprint density at radius 2 is 1.91 bits per heavy atom. The third-order valence-corrected chi connectivity index (χ3v) is 5.15. The van der Waals surface area contributed by atoms with Crippen molar-refractivity contribution >= 4 is 5.52 Å². The third-order valence-electron chi connectivity index (χ3n) is 5.15. The van der Waals surface area contributed by atoms with Gasteiger partial charge in [-0.1, -0.05) is 33.6 Å². The van der Waals surface area contributed by atoms with E-state index in [0.717, 1.165) is 25.0 Å². The molecule has 2 aromatic rings. The van der Waals surface area contributed by atoms with Crippen LogP contribution in [0.5, 0.6) is 0 Å². The van der Waals surface area contributed by atoms with Crippen molar-refractivity contribution in [3.8, 4) is 6.07 Å². The molecule has 2 aromatic heterocycles. The van der Waals surface area contributed by atoms with E-state index in [2.05, 4.69) is 30.9 Å². The maximum atomic E-state index is 14.3. The number of halogens is 1. The van der Waals surface area contributed by atoms with E-state index in [1.807, 2.05) is 6.07 Å².